The van der Waals surface area contributed by atoms with Gasteiger partial charge in [0.2, 0.25) is 0 Å². The maximum Gasteiger partial charge on any atom is 0.632 e. The summed E-state index contributed by atoms with van der Waals surface area (Å²) < 4.78 is 56.2. The molecular weight excluding hydrogens is 1630 g/mol. The van der Waals surface area contributed by atoms with E-state index in [0.29, 0.717) is 136 Å². The van der Waals surface area contributed by atoms with Crippen molar-refractivity contribution in [1.82, 2.24) is 39.9 Å². The van der Waals surface area contributed by atoms with Gasteiger partial charge in [0.25, 0.3) is 0 Å². The van der Waals surface area contributed by atoms with Crippen LogP contribution in [0.2, 0.25) is 0 Å². The molecule has 3 aromatic heterocycles. The lowest BCUT2D eigenvalue weighted by Crippen LogP contribution is -2.39. The zero-order valence-corrected chi connectivity index (χ0v) is 74.4. The van der Waals surface area contributed by atoms with Crippen molar-refractivity contribution in [3.8, 4) is 91.5 Å². The van der Waals surface area contributed by atoms with Crippen LogP contribution in [0.15, 0.2) is 243 Å². The maximum atomic E-state index is 7.03. The summed E-state index contributed by atoms with van der Waals surface area (Å²) in [5.41, 5.74) is 13.0. The van der Waals surface area contributed by atoms with E-state index in [0.717, 1.165) is 64.9 Å². The van der Waals surface area contributed by atoms with E-state index >= 15 is 0 Å². The van der Waals surface area contributed by atoms with Gasteiger partial charge in [0.15, 0.2) is 23.3 Å². The quantitative estimate of drug-likeness (QED) is 0.125. The Hall–Kier alpha value is -15.4. The third-order valence-electron chi connectivity index (χ3n) is 28.7. The molecule has 16 nitrogen and oxygen atoms in total. The molecule has 132 heavy (non-hydrogen) atoms. The highest BCUT2D eigenvalue weighted by Crippen LogP contribution is 2.52. The van der Waals surface area contributed by atoms with E-state index in [2.05, 4.69) is 287 Å². The van der Waals surface area contributed by atoms with Crippen LogP contribution in [0.3, 0.4) is 0 Å². The van der Waals surface area contributed by atoms with E-state index in [1.165, 1.54) is 108 Å². The summed E-state index contributed by atoms with van der Waals surface area (Å²) in [6, 6.07) is 87.8. The van der Waals surface area contributed by atoms with Gasteiger partial charge < -0.3 is 47.2 Å². The Labute approximate surface area is 757 Å². The molecule has 0 atom stereocenters. The molecule has 8 bridgehead atoms. The van der Waals surface area contributed by atoms with Gasteiger partial charge in [-0.05, 0) is 222 Å². The second kappa shape index (κ2) is 25.4. The Balaban J connectivity index is 0.609. The van der Waals surface area contributed by atoms with Gasteiger partial charge >= 0.3 is 28.5 Å². The lowest BCUT2D eigenvalue weighted by molar-refractivity contribution is 0.518. The van der Waals surface area contributed by atoms with Crippen molar-refractivity contribution in [3.05, 3.63) is 265 Å². The van der Waals surface area contributed by atoms with Crippen molar-refractivity contribution in [1.29, 1.82) is 0 Å². The molecule has 9 heterocycles. The van der Waals surface area contributed by atoms with Crippen molar-refractivity contribution >= 4 is 224 Å². The summed E-state index contributed by atoms with van der Waals surface area (Å²) in [4.78, 5) is 40.9. The van der Waals surface area contributed by atoms with Gasteiger partial charge in [0.1, 0.15) is 68.6 Å². The van der Waals surface area contributed by atoms with Gasteiger partial charge in [0.05, 0.1) is 0 Å². The highest BCUT2D eigenvalue weighted by Gasteiger charge is 2.43. The third-order valence-corrected chi connectivity index (χ3v) is 28.7. The second-order valence-corrected chi connectivity index (χ2v) is 41.3. The fraction of sp³-hybridized carbons (Fsp3) is 0.143. The highest BCUT2D eigenvalue weighted by molar-refractivity contribution is 6.66. The molecule has 0 amide bonds. The van der Waals surface area contributed by atoms with Crippen LogP contribution in [-0.2, 0) is 21.7 Å². The molecule has 626 valence electrons. The lowest BCUT2D eigenvalue weighted by Gasteiger charge is -2.21. The van der Waals surface area contributed by atoms with E-state index in [1.807, 2.05) is 48.5 Å². The largest absolute Gasteiger partial charge is 0.632 e. The number of hydrogen-bond acceptors (Lipinski definition) is 14. The number of nitrogens with zero attached hydrogens (tertiary/aromatic N) is 6. The van der Waals surface area contributed by atoms with E-state index < -0.39 is 28.5 Å². The molecule has 0 radical (unpaired) electrons. The van der Waals surface area contributed by atoms with Crippen LogP contribution in [0.5, 0.6) is 46.0 Å². The maximum absolute atomic E-state index is 7.03. The molecule has 0 spiro atoms. The Morgan fingerprint density at radius 2 is 0.341 bits per heavy atom. The SMILES string of the molecule is CC(C)(C)c1cc2ccc3cc(B4Oc5cc6c(cc5O4)-c4nc-6nc5[nH]c(nc6nc(nc7[nH]c(n4)c4cc8c(cc74)OB(c4cc7ccc9cc(C(C)(C)C)cc%10ccc(c4)c7c9%10)O8)-c4cc7c(cc4-6)OB(c4cc6ccc8cc(C(C)(C)C)cc9ccc(c4)c6c89)O7)c4cc6c(cc54)OB(c4cc5ccc7cc(C(C)(C)C)cc8ccc(c4)c5c78)O6)cc4ccc(c1)c2c34. The fourth-order valence-corrected chi connectivity index (χ4v) is 21.8. The van der Waals surface area contributed by atoms with E-state index in [9.17, 15) is 0 Å². The van der Waals surface area contributed by atoms with Gasteiger partial charge in [-0.3, -0.25) is 0 Å². The normalized spacial score (nSPS) is 14.3. The molecule has 20 heteroatoms. The van der Waals surface area contributed by atoms with Gasteiger partial charge in [-0.25, -0.2) is 29.9 Å². The summed E-state index contributed by atoms with van der Waals surface area (Å²) in [6.07, 6.45) is 0. The number of benzene rings is 20. The number of rotatable bonds is 4. The topological polar surface area (TPSA) is 183 Å². The smallest absolute Gasteiger partial charge is 0.519 e. The number of aromatic amines is 2. The molecule has 2 N–H and O–H groups in total. The Morgan fingerprint density at radius 3 is 0.500 bits per heavy atom. The predicted molar refractivity (Wildman–Crippen MR) is 538 cm³/mol. The zero-order chi connectivity index (χ0) is 88.2. The lowest BCUT2D eigenvalue weighted by atomic mass is 9.76. The molecule has 23 aromatic rings. The van der Waals surface area contributed by atoms with Gasteiger partial charge in [-0.1, -0.05) is 277 Å². The number of hydrogen-bond donors (Lipinski definition) is 2. The minimum atomic E-state index is -0.800. The van der Waals surface area contributed by atoms with Crippen LogP contribution < -0.4 is 59.1 Å². The summed E-state index contributed by atoms with van der Waals surface area (Å²) in [7, 11) is -3.20. The Kier molecular flexibility index (Phi) is 14.3. The van der Waals surface area contributed by atoms with Crippen molar-refractivity contribution in [2.75, 3.05) is 0 Å². The Morgan fingerprint density at radius 1 is 0.189 bits per heavy atom. The summed E-state index contributed by atoms with van der Waals surface area (Å²) >= 11 is 0. The standard InChI is InChI=1S/C112H78B4N8O8/c1-109(2,3)69-29-53-13-21-61-37-73(38-62-22-14-54(30-69)93(53)97(61)62)113-125-85-45-77-78(46-86(85)126-113)102-117-101(77)121-103-79-47-87-89(129-114(127-87)74-39-63-23-15-55-31-70(110(4,5)6)32-56-16-24-64(40-74)98(63)94(55)56)49-81(79)105(118-103)123-107-83-51-91-92(132-116(131-91)76-43-67-27-19-59-35-72(112(10,11)12)36-60-20-28-68(44-76)100(67)96(59)60)52-84(83)108(120-107)124-106-82-50-90-88(48-80(82)104(119-106)122-102)128-115(130-90)75-41-65-25-17-57-33-71(111(7,8)9)34-58-18-26-66(42-75)99(65)95(57)58/h13-52H,1-12H3,(H2,117,118,119,120,121,122,123,124). The summed E-state index contributed by atoms with van der Waals surface area (Å²) in [5.74, 6) is 5.59. The summed E-state index contributed by atoms with van der Waals surface area (Å²) in [5, 5.41) is 31.1. The molecule has 20 aromatic carbocycles. The Bertz CT molecular complexity index is 8430. The predicted octanol–water partition coefficient (Wildman–Crippen LogP) is 24.3. The fourth-order valence-electron chi connectivity index (χ4n) is 21.8. The molecule has 0 unspecified atom stereocenters. The first-order valence-corrected chi connectivity index (χ1v) is 45.5. The average molecular weight is 1710 g/mol. The number of aromatic nitrogens is 8. The van der Waals surface area contributed by atoms with Crippen LogP contribution in [0.4, 0.5) is 0 Å². The number of fused-ring (bicyclic) bond motifs is 24. The van der Waals surface area contributed by atoms with Crippen LogP contribution in [0.1, 0.15) is 105 Å². The van der Waals surface area contributed by atoms with E-state index in [4.69, 9.17) is 67.1 Å². The zero-order valence-electron chi connectivity index (χ0n) is 74.4. The highest BCUT2D eigenvalue weighted by atomic mass is 16.6. The third kappa shape index (κ3) is 10.9. The van der Waals surface area contributed by atoms with Gasteiger partial charge in [0, 0.05) is 65.6 Å². The minimum Gasteiger partial charge on any atom is -0.519 e. The second-order valence-electron chi connectivity index (χ2n) is 41.3. The minimum absolute atomic E-state index is 0.0124. The summed E-state index contributed by atoms with van der Waals surface area (Å²) in [6.45, 7) is 27.2. The van der Waals surface area contributed by atoms with Crippen LogP contribution in [0.25, 0.3) is 219 Å². The molecule has 6 aliphatic heterocycles. The molecular formula is C112H78B4N8O8. The molecule has 6 aliphatic rings. The van der Waals surface area contributed by atoms with Crippen molar-refractivity contribution < 1.29 is 37.2 Å². The van der Waals surface area contributed by atoms with Crippen molar-refractivity contribution in [3.63, 3.8) is 0 Å². The van der Waals surface area contributed by atoms with Crippen LogP contribution in [-0.4, -0.2) is 68.3 Å². The molecule has 0 saturated carbocycles. The van der Waals surface area contributed by atoms with E-state index in [-0.39, 0.29) is 21.7 Å². The van der Waals surface area contributed by atoms with Gasteiger partial charge in [-0.2, -0.15) is 0 Å². The van der Waals surface area contributed by atoms with Crippen LogP contribution in [0, 0.1) is 0 Å². The monoisotopic (exact) mass is 1710 g/mol. The molecule has 0 aliphatic carbocycles. The van der Waals surface area contributed by atoms with Crippen LogP contribution >= 0.6 is 0 Å². The van der Waals surface area contributed by atoms with E-state index in [1.54, 1.807) is 0 Å². The van der Waals surface area contributed by atoms with Crippen molar-refractivity contribution in [2.45, 2.75) is 105 Å². The first kappa shape index (κ1) is 74.5. The molecule has 0 saturated heterocycles. The number of H-pyrrole nitrogens is 2. The first-order chi connectivity index (χ1) is 63.7. The molecule has 29 rings (SSSR count). The van der Waals surface area contributed by atoms with Gasteiger partial charge in [-0.15, -0.1) is 0 Å². The number of nitrogens with one attached hydrogen (secondary N) is 2. The first-order valence-electron chi connectivity index (χ1n) is 45.5. The van der Waals surface area contributed by atoms with Crippen molar-refractivity contribution in [2.24, 2.45) is 0 Å². The molecule has 0 fully saturated rings. The average Bonchev–Trinajstić information content (AvgIpc) is 0.779.